The fourth-order valence-electron chi connectivity index (χ4n) is 3.53. The number of benzene rings is 2. The molecule has 168 valence electrons. The molecule has 1 saturated carbocycles. The summed E-state index contributed by atoms with van der Waals surface area (Å²) < 4.78 is 27.0. The molecule has 4 rings (SSSR count). The molecule has 2 aromatic carbocycles. The van der Waals surface area contributed by atoms with E-state index in [1.165, 1.54) is 17.8 Å². The highest BCUT2D eigenvalue weighted by molar-refractivity contribution is 7.99. The van der Waals surface area contributed by atoms with Gasteiger partial charge >= 0.3 is 0 Å². The quantitative estimate of drug-likeness (QED) is 0.481. The second-order valence-electron chi connectivity index (χ2n) is 7.57. The molecule has 0 spiro atoms. The van der Waals surface area contributed by atoms with E-state index in [0.29, 0.717) is 28.0 Å². The second-order valence-corrected chi connectivity index (χ2v) is 8.52. The van der Waals surface area contributed by atoms with Crippen LogP contribution in [-0.4, -0.2) is 40.6 Å². The topological polar surface area (TPSA) is 78.3 Å². The van der Waals surface area contributed by atoms with Crippen molar-refractivity contribution in [2.75, 3.05) is 20.0 Å². The first kappa shape index (κ1) is 22.1. The van der Waals surface area contributed by atoms with Crippen LogP contribution in [0.1, 0.15) is 37.4 Å². The molecule has 9 heteroatoms. The van der Waals surface area contributed by atoms with E-state index in [1.54, 1.807) is 32.4 Å². The number of amides is 1. The number of hydrogen-bond acceptors (Lipinski definition) is 6. The van der Waals surface area contributed by atoms with E-state index in [-0.39, 0.29) is 29.6 Å². The SMILES string of the molecule is COc1ccc(OC)c([C@H](C)NC(=O)CSc2nnc(-c3ccccc3F)n2C2CC2)c1. The Hall–Kier alpha value is -3.07. The molecule has 1 aliphatic carbocycles. The highest BCUT2D eigenvalue weighted by Crippen LogP contribution is 2.41. The summed E-state index contributed by atoms with van der Waals surface area (Å²) in [6.07, 6.45) is 1.98. The smallest absolute Gasteiger partial charge is 0.230 e. The number of hydrogen-bond donors (Lipinski definition) is 1. The molecule has 1 aromatic heterocycles. The molecule has 1 fully saturated rings. The molecule has 1 atom stereocenters. The van der Waals surface area contributed by atoms with Gasteiger partial charge in [0, 0.05) is 11.6 Å². The number of nitrogens with one attached hydrogen (secondary N) is 1. The Bertz CT molecular complexity index is 1120. The van der Waals surface area contributed by atoms with Gasteiger partial charge in [0.05, 0.1) is 31.6 Å². The second kappa shape index (κ2) is 9.60. The molecule has 32 heavy (non-hydrogen) atoms. The van der Waals surface area contributed by atoms with Crippen LogP contribution in [0.4, 0.5) is 4.39 Å². The number of methoxy groups -OCH3 is 2. The lowest BCUT2D eigenvalue weighted by Gasteiger charge is -2.18. The van der Waals surface area contributed by atoms with Crippen molar-refractivity contribution in [3.05, 3.63) is 53.8 Å². The first-order valence-electron chi connectivity index (χ1n) is 10.4. The van der Waals surface area contributed by atoms with E-state index in [1.807, 2.05) is 29.7 Å². The molecular formula is C23H25FN4O3S. The minimum absolute atomic E-state index is 0.148. The van der Waals surface area contributed by atoms with Gasteiger partial charge < -0.3 is 14.8 Å². The Labute approximate surface area is 190 Å². The monoisotopic (exact) mass is 456 g/mol. The van der Waals surface area contributed by atoms with Crippen molar-refractivity contribution in [3.63, 3.8) is 0 Å². The molecular weight excluding hydrogens is 431 g/mol. The number of halogens is 1. The number of carbonyl (C=O) groups is 1. The average Bonchev–Trinajstić information content (AvgIpc) is 3.56. The molecule has 0 radical (unpaired) electrons. The van der Waals surface area contributed by atoms with E-state index < -0.39 is 0 Å². The lowest BCUT2D eigenvalue weighted by Crippen LogP contribution is -2.28. The molecule has 1 N–H and O–H groups in total. The molecule has 1 amide bonds. The Morgan fingerprint density at radius 1 is 1.22 bits per heavy atom. The van der Waals surface area contributed by atoms with Gasteiger partial charge in [0.15, 0.2) is 11.0 Å². The van der Waals surface area contributed by atoms with Crippen LogP contribution in [0.25, 0.3) is 11.4 Å². The van der Waals surface area contributed by atoms with Gasteiger partial charge in [0.1, 0.15) is 17.3 Å². The van der Waals surface area contributed by atoms with E-state index in [4.69, 9.17) is 9.47 Å². The van der Waals surface area contributed by atoms with Gasteiger partial charge in [-0.15, -0.1) is 10.2 Å². The Balaban J connectivity index is 1.46. The van der Waals surface area contributed by atoms with Crippen molar-refractivity contribution in [2.24, 2.45) is 0 Å². The van der Waals surface area contributed by atoms with Crippen LogP contribution in [0.5, 0.6) is 11.5 Å². The van der Waals surface area contributed by atoms with Gasteiger partial charge in [-0.1, -0.05) is 23.9 Å². The summed E-state index contributed by atoms with van der Waals surface area (Å²) in [4.78, 5) is 12.7. The fraction of sp³-hybridized carbons (Fsp3) is 0.348. The van der Waals surface area contributed by atoms with Crippen LogP contribution < -0.4 is 14.8 Å². The zero-order valence-electron chi connectivity index (χ0n) is 18.2. The first-order valence-corrected chi connectivity index (χ1v) is 11.3. The predicted octanol–water partition coefficient (Wildman–Crippen LogP) is 4.41. The summed E-state index contributed by atoms with van der Waals surface area (Å²) in [5, 5.41) is 12.1. The summed E-state index contributed by atoms with van der Waals surface area (Å²) in [6.45, 7) is 1.89. The third kappa shape index (κ3) is 4.72. The Kier molecular flexibility index (Phi) is 6.64. The fourth-order valence-corrected chi connectivity index (χ4v) is 4.35. The van der Waals surface area contributed by atoms with Crippen LogP contribution in [0, 0.1) is 5.82 Å². The number of ether oxygens (including phenoxy) is 2. The average molecular weight is 457 g/mol. The Morgan fingerprint density at radius 2 is 2.00 bits per heavy atom. The third-order valence-corrected chi connectivity index (χ3v) is 6.25. The minimum Gasteiger partial charge on any atom is -0.497 e. The zero-order chi connectivity index (χ0) is 22.7. The molecule has 0 unspecified atom stereocenters. The van der Waals surface area contributed by atoms with Gasteiger partial charge in [-0.3, -0.25) is 9.36 Å². The van der Waals surface area contributed by atoms with E-state index in [2.05, 4.69) is 15.5 Å². The maximum atomic E-state index is 14.3. The molecule has 0 aliphatic heterocycles. The summed E-state index contributed by atoms with van der Waals surface area (Å²) >= 11 is 1.30. The van der Waals surface area contributed by atoms with Gasteiger partial charge in [-0.2, -0.15) is 0 Å². The molecule has 7 nitrogen and oxygen atoms in total. The van der Waals surface area contributed by atoms with E-state index >= 15 is 0 Å². The molecule has 1 aliphatic rings. The van der Waals surface area contributed by atoms with Crippen molar-refractivity contribution in [3.8, 4) is 22.9 Å². The standard InChI is InChI=1S/C23H25FN4O3S/c1-14(18-12-16(30-2)10-11-20(18)31-3)25-21(29)13-32-23-27-26-22(28(23)15-8-9-15)17-6-4-5-7-19(17)24/h4-7,10-12,14-15H,8-9,13H2,1-3H3,(H,25,29)/t14-/m0/s1. The van der Waals surface area contributed by atoms with Crippen molar-refractivity contribution in [1.82, 2.24) is 20.1 Å². The van der Waals surface area contributed by atoms with Crippen molar-refractivity contribution in [1.29, 1.82) is 0 Å². The van der Waals surface area contributed by atoms with Gasteiger partial charge in [0.25, 0.3) is 0 Å². The van der Waals surface area contributed by atoms with Crippen LogP contribution in [0.3, 0.4) is 0 Å². The molecule has 0 saturated heterocycles. The summed E-state index contributed by atoms with van der Waals surface area (Å²) in [5.74, 6) is 1.55. The minimum atomic E-state index is -0.336. The van der Waals surface area contributed by atoms with Gasteiger partial charge in [-0.05, 0) is 50.1 Å². The number of carbonyl (C=O) groups excluding carboxylic acids is 1. The van der Waals surface area contributed by atoms with Crippen molar-refractivity contribution >= 4 is 17.7 Å². The lowest BCUT2D eigenvalue weighted by molar-refractivity contribution is -0.119. The van der Waals surface area contributed by atoms with Crippen molar-refractivity contribution in [2.45, 2.75) is 37.0 Å². The van der Waals surface area contributed by atoms with E-state index in [0.717, 1.165) is 18.4 Å². The number of thioether (sulfide) groups is 1. The maximum absolute atomic E-state index is 14.3. The zero-order valence-corrected chi connectivity index (χ0v) is 19.0. The number of nitrogens with zero attached hydrogens (tertiary/aromatic N) is 3. The summed E-state index contributed by atoms with van der Waals surface area (Å²) in [5.41, 5.74) is 1.25. The largest absolute Gasteiger partial charge is 0.497 e. The molecule has 3 aromatic rings. The normalized spacial score (nSPS) is 14.1. The third-order valence-electron chi connectivity index (χ3n) is 5.30. The van der Waals surface area contributed by atoms with Gasteiger partial charge in [-0.25, -0.2) is 4.39 Å². The van der Waals surface area contributed by atoms with Crippen LogP contribution in [-0.2, 0) is 4.79 Å². The number of aromatic nitrogens is 3. The molecule has 1 heterocycles. The van der Waals surface area contributed by atoms with Crippen molar-refractivity contribution < 1.29 is 18.7 Å². The molecule has 0 bridgehead atoms. The van der Waals surface area contributed by atoms with Crippen LogP contribution in [0.15, 0.2) is 47.6 Å². The summed E-state index contributed by atoms with van der Waals surface area (Å²) in [6, 6.07) is 12.0. The first-order chi connectivity index (χ1) is 15.5. The van der Waals surface area contributed by atoms with Crippen LogP contribution in [0.2, 0.25) is 0 Å². The summed E-state index contributed by atoms with van der Waals surface area (Å²) in [7, 11) is 3.19. The Morgan fingerprint density at radius 3 is 2.69 bits per heavy atom. The highest BCUT2D eigenvalue weighted by Gasteiger charge is 2.31. The number of rotatable bonds is 9. The lowest BCUT2D eigenvalue weighted by atomic mass is 10.1. The maximum Gasteiger partial charge on any atom is 0.230 e. The van der Waals surface area contributed by atoms with Crippen LogP contribution >= 0.6 is 11.8 Å². The van der Waals surface area contributed by atoms with Gasteiger partial charge in [0.2, 0.25) is 5.91 Å². The van der Waals surface area contributed by atoms with E-state index in [9.17, 15) is 9.18 Å². The predicted molar refractivity (Wildman–Crippen MR) is 121 cm³/mol. The highest BCUT2D eigenvalue weighted by atomic mass is 32.2.